The number of hydrogen-bond acceptors (Lipinski definition) is 3. The van der Waals surface area contributed by atoms with Gasteiger partial charge in [0.1, 0.15) is 0 Å². The fourth-order valence-corrected chi connectivity index (χ4v) is 6.68. The highest BCUT2D eigenvalue weighted by molar-refractivity contribution is 6.33. The maximum atomic E-state index is 12.9. The summed E-state index contributed by atoms with van der Waals surface area (Å²) in [7, 11) is 0. The number of rotatable bonds is 9. The molecular formula is C24H36Cl2N2O2. The topological polar surface area (TPSA) is 61.4 Å². The molecule has 0 radical (unpaired) electrons. The lowest BCUT2D eigenvalue weighted by molar-refractivity contribution is -0.0503. The minimum atomic E-state index is -0.0281. The first-order chi connectivity index (χ1) is 14.0. The summed E-state index contributed by atoms with van der Waals surface area (Å²) < 4.78 is 0. The van der Waals surface area contributed by atoms with Crippen LogP contribution < -0.4 is 10.6 Å². The summed E-state index contributed by atoms with van der Waals surface area (Å²) in [6.07, 6.45) is 10.0. The minimum absolute atomic E-state index is 0. The summed E-state index contributed by atoms with van der Waals surface area (Å²) in [4.78, 5) is 12.9. The summed E-state index contributed by atoms with van der Waals surface area (Å²) in [5, 5.41) is 16.1. The zero-order chi connectivity index (χ0) is 20.4. The molecule has 4 saturated carbocycles. The highest BCUT2D eigenvalue weighted by Crippen LogP contribution is 2.59. The lowest BCUT2D eigenvalue weighted by Gasteiger charge is -2.56. The van der Waals surface area contributed by atoms with E-state index < -0.39 is 0 Å². The molecule has 6 heteroatoms. The van der Waals surface area contributed by atoms with Gasteiger partial charge in [0.05, 0.1) is 17.2 Å². The summed E-state index contributed by atoms with van der Waals surface area (Å²) in [6, 6.07) is 5.92. The summed E-state index contributed by atoms with van der Waals surface area (Å²) in [6.45, 7) is 3.76. The molecular weight excluding hydrogens is 419 g/mol. The van der Waals surface area contributed by atoms with E-state index in [1.165, 1.54) is 38.5 Å². The summed E-state index contributed by atoms with van der Waals surface area (Å²) in [5.41, 5.74) is 2.07. The van der Waals surface area contributed by atoms with Crippen LogP contribution in [0.4, 0.5) is 0 Å². The molecule has 4 bridgehead atoms. The van der Waals surface area contributed by atoms with E-state index in [-0.39, 0.29) is 31.0 Å². The van der Waals surface area contributed by atoms with E-state index in [1.54, 1.807) is 0 Å². The van der Waals surface area contributed by atoms with Gasteiger partial charge in [-0.3, -0.25) is 4.79 Å². The van der Waals surface area contributed by atoms with E-state index in [1.807, 2.05) is 25.1 Å². The number of nitrogens with one attached hydrogen (secondary N) is 2. The van der Waals surface area contributed by atoms with E-state index >= 15 is 0 Å². The van der Waals surface area contributed by atoms with Crippen molar-refractivity contribution in [1.82, 2.24) is 10.6 Å². The fourth-order valence-electron chi connectivity index (χ4n) is 6.48. The van der Waals surface area contributed by atoms with Gasteiger partial charge in [-0.05, 0) is 106 Å². The Hall–Kier alpha value is -0.810. The Kier molecular flexibility index (Phi) is 8.11. The van der Waals surface area contributed by atoms with Crippen molar-refractivity contribution < 1.29 is 9.90 Å². The van der Waals surface area contributed by atoms with Gasteiger partial charge in [-0.2, -0.15) is 0 Å². The molecule has 4 nitrogen and oxygen atoms in total. The Bertz CT molecular complexity index is 705. The van der Waals surface area contributed by atoms with E-state index in [4.69, 9.17) is 16.7 Å². The standard InChI is InChI=1S/C24H35ClN2O2.ClH/c1-16(14-28)26-6-2-3-17-4-5-22(25)21(10-17)23(29)27-15-24-11-18-7-19(12-24)9-20(8-18)13-24;/h4-5,10,16,18-20,26,28H,2-3,6-9,11-15H2,1H3,(H,27,29);1H/t16-,18?,19?,20?,24?;/m1./s1. The molecule has 5 rings (SSSR count). The quantitative estimate of drug-likeness (QED) is 0.477. The van der Waals surface area contributed by atoms with Crippen LogP contribution in [0.1, 0.15) is 67.8 Å². The molecule has 0 unspecified atom stereocenters. The number of amides is 1. The lowest BCUT2D eigenvalue weighted by atomic mass is 9.49. The average molecular weight is 455 g/mol. The normalized spacial score (nSPS) is 30.0. The second kappa shape index (κ2) is 10.2. The summed E-state index contributed by atoms with van der Waals surface area (Å²) in [5.74, 6) is 2.66. The number of carbonyl (C=O) groups excluding carboxylic acids is 1. The van der Waals surface area contributed by atoms with Gasteiger partial charge in [0.25, 0.3) is 5.91 Å². The molecule has 0 heterocycles. The Labute approximate surface area is 191 Å². The zero-order valence-corrected chi connectivity index (χ0v) is 19.5. The zero-order valence-electron chi connectivity index (χ0n) is 18.0. The van der Waals surface area contributed by atoms with Gasteiger partial charge in [0.15, 0.2) is 0 Å². The molecule has 3 N–H and O–H groups in total. The highest BCUT2D eigenvalue weighted by Gasteiger charge is 2.50. The molecule has 4 fully saturated rings. The van der Waals surface area contributed by atoms with Gasteiger partial charge < -0.3 is 15.7 Å². The van der Waals surface area contributed by atoms with Gasteiger partial charge >= 0.3 is 0 Å². The summed E-state index contributed by atoms with van der Waals surface area (Å²) >= 11 is 6.37. The molecule has 0 aromatic heterocycles. The molecule has 0 saturated heterocycles. The molecule has 1 aromatic rings. The van der Waals surface area contributed by atoms with Crippen LogP contribution >= 0.6 is 24.0 Å². The molecule has 1 aromatic carbocycles. The van der Waals surface area contributed by atoms with Crippen molar-refractivity contribution in [2.24, 2.45) is 23.2 Å². The first-order valence-corrected chi connectivity index (χ1v) is 11.7. The first kappa shape index (κ1) is 23.8. The maximum absolute atomic E-state index is 12.9. The van der Waals surface area contributed by atoms with Crippen molar-refractivity contribution in [3.8, 4) is 0 Å². The number of carbonyl (C=O) groups is 1. The van der Waals surface area contributed by atoms with Gasteiger partial charge in [0, 0.05) is 12.6 Å². The number of hydrogen-bond donors (Lipinski definition) is 3. The van der Waals surface area contributed by atoms with Crippen molar-refractivity contribution in [2.75, 3.05) is 19.7 Å². The second-order valence-electron chi connectivity index (χ2n) is 10.1. The van der Waals surface area contributed by atoms with Crippen LogP contribution in [0, 0.1) is 23.2 Å². The third kappa shape index (κ3) is 5.51. The van der Waals surface area contributed by atoms with Crippen LogP contribution in [0.15, 0.2) is 18.2 Å². The third-order valence-corrected chi connectivity index (χ3v) is 7.80. The predicted molar refractivity (Wildman–Crippen MR) is 125 cm³/mol. The van der Waals surface area contributed by atoms with E-state index in [0.29, 0.717) is 16.0 Å². The molecule has 1 amide bonds. The molecule has 1 atom stereocenters. The largest absolute Gasteiger partial charge is 0.395 e. The number of benzene rings is 1. The van der Waals surface area contributed by atoms with E-state index in [2.05, 4.69) is 10.6 Å². The van der Waals surface area contributed by atoms with E-state index in [0.717, 1.165) is 49.2 Å². The SMILES string of the molecule is C[C@H](CO)NCCCc1ccc(Cl)c(C(=O)NCC23CC4CC(CC(C4)C2)C3)c1.Cl. The number of aliphatic hydroxyl groups excluding tert-OH is 1. The van der Waals surface area contributed by atoms with Gasteiger partial charge in [0.2, 0.25) is 0 Å². The molecule has 4 aliphatic carbocycles. The predicted octanol–water partition coefficient (Wildman–Crippen LogP) is 4.61. The van der Waals surface area contributed by atoms with Crippen LogP contribution in [-0.4, -0.2) is 36.8 Å². The third-order valence-electron chi connectivity index (χ3n) is 7.47. The monoisotopic (exact) mass is 454 g/mol. The van der Waals surface area contributed by atoms with Crippen molar-refractivity contribution in [3.05, 3.63) is 34.3 Å². The van der Waals surface area contributed by atoms with Crippen LogP contribution in [0.3, 0.4) is 0 Å². The molecule has 168 valence electrons. The molecule has 30 heavy (non-hydrogen) atoms. The van der Waals surface area contributed by atoms with Crippen LogP contribution in [0.5, 0.6) is 0 Å². The Morgan fingerprint density at radius 1 is 1.20 bits per heavy atom. The first-order valence-electron chi connectivity index (χ1n) is 11.4. The second-order valence-corrected chi connectivity index (χ2v) is 10.5. The lowest BCUT2D eigenvalue weighted by Crippen LogP contribution is -2.51. The Morgan fingerprint density at radius 3 is 2.43 bits per heavy atom. The fraction of sp³-hybridized carbons (Fsp3) is 0.708. The van der Waals surface area contributed by atoms with Crippen molar-refractivity contribution in [1.29, 1.82) is 0 Å². The molecule has 0 aliphatic heterocycles. The Balaban J connectivity index is 0.00000256. The maximum Gasteiger partial charge on any atom is 0.252 e. The van der Waals surface area contributed by atoms with Crippen molar-refractivity contribution in [2.45, 2.75) is 64.3 Å². The van der Waals surface area contributed by atoms with Crippen LogP contribution in [0.25, 0.3) is 0 Å². The van der Waals surface area contributed by atoms with Gasteiger partial charge in [-0.25, -0.2) is 0 Å². The minimum Gasteiger partial charge on any atom is -0.395 e. The van der Waals surface area contributed by atoms with Gasteiger partial charge in [-0.15, -0.1) is 12.4 Å². The smallest absolute Gasteiger partial charge is 0.252 e. The number of aliphatic hydroxyl groups is 1. The molecule has 0 spiro atoms. The van der Waals surface area contributed by atoms with Crippen LogP contribution in [-0.2, 0) is 6.42 Å². The highest BCUT2D eigenvalue weighted by atomic mass is 35.5. The van der Waals surface area contributed by atoms with E-state index in [9.17, 15) is 4.79 Å². The van der Waals surface area contributed by atoms with Crippen molar-refractivity contribution >= 4 is 29.9 Å². The Morgan fingerprint density at radius 2 is 1.83 bits per heavy atom. The number of aryl methyl sites for hydroxylation is 1. The number of halogens is 2. The van der Waals surface area contributed by atoms with Gasteiger partial charge in [-0.1, -0.05) is 17.7 Å². The molecule has 4 aliphatic rings. The van der Waals surface area contributed by atoms with Crippen molar-refractivity contribution in [3.63, 3.8) is 0 Å². The average Bonchev–Trinajstić information content (AvgIpc) is 2.69. The van der Waals surface area contributed by atoms with Crippen LogP contribution in [0.2, 0.25) is 5.02 Å².